The average Bonchev–Trinajstić information content (AvgIpc) is 2.55. The topological polar surface area (TPSA) is 118 Å². The number of fused-ring (bicyclic) bond motifs is 1. The highest BCUT2D eigenvalue weighted by atomic mass is 16.5. The predicted octanol–water partition coefficient (Wildman–Crippen LogP) is 0.671. The Morgan fingerprint density at radius 1 is 1.33 bits per heavy atom. The molecule has 0 aliphatic rings. The second-order valence-electron chi connectivity index (χ2n) is 5.17. The molecule has 1 atom stereocenters. The van der Waals surface area contributed by atoms with Crippen LogP contribution in [0.2, 0.25) is 0 Å². The van der Waals surface area contributed by atoms with Crippen molar-refractivity contribution in [1.29, 1.82) is 0 Å². The molecule has 0 aliphatic carbocycles. The van der Waals surface area contributed by atoms with Crippen LogP contribution >= 0.6 is 0 Å². The van der Waals surface area contributed by atoms with E-state index in [1.807, 2.05) is 0 Å². The minimum Gasteiger partial charge on any atom is -0.506 e. The number of carbonyl (C=O) groups is 2. The van der Waals surface area contributed by atoms with Gasteiger partial charge in [0.15, 0.2) is 0 Å². The summed E-state index contributed by atoms with van der Waals surface area (Å²) >= 11 is 0. The SMILES string of the molecule is COCc1cccc2c(O)c(C(=O)NC(C)C(=O)OC)c(=O)[nH]c12. The van der Waals surface area contributed by atoms with Gasteiger partial charge in [0.25, 0.3) is 11.5 Å². The number of para-hydroxylation sites is 1. The van der Waals surface area contributed by atoms with Gasteiger partial charge in [-0.3, -0.25) is 9.59 Å². The Hall–Kier alpha value is -2.87. The number of aromatic hydroxyl groups is 1. The number of nitrogens with one attached hydrogen (secondary N) is 2. The zero-order chi connectivity index (χ0) is 17.9. The summed E-state index contributed by atoms with van der Waals surface area (Å²) in [6.45, 7) is 1.64. The molecule has 1 unspecified atom stereocenters. The first-order valence-electron chi connectivity index (χ1n) is 7.15. The number of methoxy groups -OCH3 is 2. The van der Waals surface area contributed by atoms with Gasteiger partial charge < -0.3 is 24.9 Å². The van der Waals surface area contributed by atoms with E-state index in [-0.39, 0.29) is 6.61 Å². The van der Waals surface area contributed by atoms with Crippen LogP contribution < -0.4 is 10.9 Å². The van der Waals surface area contributed by atoms with Gasteiger partial charge in [0.2, 0.25) is 0 Å². The number of aromatic amines is 1. The Bertz CT molecular complexity index is 842. The first-order chi connectivity index (χ1) is 11.4. The second-order valence-corrected chi connectivity index (χ2v) is 5.17. The molecule has 2 rings (SSSR count). The third-order valence-corrected chi connectivity index (χ3v) is 3.54. The number of amides is 1. The van der Waals surface area contributed by atoms with Crippen LogP contribution in [-0.4, -0.2) is 42.2 Å². The van der Waals surface area contributed by atoms with Gasteiger partial charge >= 0.3 is 5.97 Å². The molecule has 8 nitrogen and oxygen atoms in total. The number of H-pyrrole nitrogens is 1. The zero-order valence-corrected chi connectivity index (χ0v) is 13.5. The van der Waals surface area contributed by atoms with E-state index in [4.69, 9.17) is 4.74 Å². The maximum atomic E-state index is 12.2. The third-order valence-electron chi connectivity index (χ3n) is 3.54. The molecule has 0 radical (unpaired) electrons. The van der Waals surface area contributed by atoms with Crippen LogP contribution in [0.4, 0.5) is 0 Å². The van der Waals surface area contributed by atoms with Crippen LogP contribution in [-0.2, 0) is 20.9 Å². The van der Waals surface area contributed by atoms with E-state index in [0.29, 0.717) is 16.5 Å². The standard InChI is InChI=1S/C16H18N2O6/c1-8(16(22)24-3)17-14(20)11-13(19)10-6-4-5-9(7-23-2)12(10)18-15(11)21/h4-6,8H,7H2,1-3H3,(H,17,20)(H2,18,19,21). The fraction of sp³-hybridized carbons (Fsp3) is 0.312. The summed E-state index contributed by atoms with van der Waals surface area (Å²) in [5.41, 5.74) is -0.178. The lowest BCUT2D eigenvalue weighted by Gasteiger charge is -2.13. The summed E-state index contributed by atoms with van der Waals surface area (Å²) in [6, 6.07) is 4.02. The zero-order valence-electron chi connectivity index (χ0n) is 13.5. The number of carbonyl (C=O) groups excluding carboxylic acids is 2. The van der Waals surface area contributed by atoms with Crippen LogP contribution in [0.25, 0.3) is 10.9 Å². The van der Waals surface area contributed by atoms with Crippen LogP contribution in [0.1, 0.15) is 22.8 Å². The molecule has 3 N–H and O–H groups in total. The Morgan fingerprint density at radius 3 is 2.67 bits per heavy atom. The maximum absolute atomic E-state index is 12.2. The minimum absolute atomic E-state index is 0.234. The van der Waals surface area contributed by atoms with Gasteiger partial charge in [-0.1, -0.05) is 12.1 Å². The summed E-state index contributed by atoms with van der Waals surface area (Å²) < 4.78 is 9.56. The molecule has 0 spiro atoms. The number of ether oxygens (including phenoxy) is 2. The van der Waals surface area contributed by atoms with Crippen molar-refractivity contribution >= 4 is 22.8 Å². The first-order valence-corrected chi connectivity index (χ1v) is 7.15. The molecule has 1 amide bonds. The van der Waals surface area contributed by atoms with Gasteiger partial charge in [0, 0.05) is 18.1 Å². The molecular weight excluding hydrogens is 316 g/mol. The normalized spacial score (nSPS) is 12.0. The number of esters is 1. The lowest BCUT2D eigenvalue weighted by atomic mass is 10.1. The van der Waals surface area contributed by atoms with Crippen molar-refractivity contribution in [2.75, 3.05) is 14.2 Å². The Kier molecular flexibility index (Phi) is 5.20. The van der Waals surface area contributed by atoms with E-state index in [1.165, 1.54) is 21.1 Å². The fourth-order valence-electron chi connectivity index (χ4n) is 2.35. The van der Waals surface area contributed by atoms with Gasteiger partial charge in [-0.15, -0.1) is 0 Å². The van der Waals surface area contributed by atoms with Crippen molar-refractivity contribution in [3.05, 3.63) is 39.7 Å². The molecule has 1 aromatic heterocycles. The molecule has 1 heterocycles. The monoisotopic (exact) mass is 334 g/mol. The van der Waals surface area contributed by atoms with E-state index in [9.17, 15) is 19.5 Å². The Balaban J connectivity index is 2.51. The van der Waals surface area contributed by atoms with Crippen molar-refractivity contribution in [1.82, 2.24) is 10.3 Å². The molecular formula is C16H18N2O6. The number of rotatable bonds is 5. The van der Waals surface area contributed by atoms with E-state index in [0.717, 1.165) is 0 Å². The van der Waals surface area contributed by atoms with Crippen LogP contribution in [0.3, 0.4) is 0 Å². The second kappa shape index (κ2) is 7.14. The van der Waals surface area contributed by atoms with E-state index < -0.39 is 34.8 Å². The molecule has 128 valence electrons. The van der Waals surface area contributed by atoms with Crippen molar-refractivity contribution in [3.8, 4) is 5.75 Å². The summed E-state index contributed by atoms with van der Waals surface area (Å²) in [5.74, 6) is -1.99. The number of benzene rings is 1. The summed E-state index contributed by atoms with van der Waals surface area (Å²) in [6.07, 6.45) is 0. The molecule has 1 aromatic carbocycles. The predicted molar refractivity (Wildman–Crippen MR) is 85.9 cm³/mol. The summed E-state index contributed by atoms with van der Waals surface area (Å²) in [4.78, 5) is 38.4. The molecule has 8 heteroatoms. The number of hydrogen-bond donors (Lipinski definition) is 3. The van der Waals surface area contributed by atoms with Crippen LogP contribution in [0.15, 0.2) is 23.0 Å². The molecule has 0 bridgehead atoms. The smallest absolute Gasteiger partial charge is 0.328 e. The van der Waals surface area contributed by atoms with Crippen molar-refractivity contribution in [2.45, 2.75) is 19.6 Å². The first kappa shape index (κ1) is 17.5. The highest BCUT2D eigenvalue weighted by Gasteiger charge is 2.23. The largest absolute Gasteiger partial charge is 0.506 e. The fourth-order valence-corrected chi connectivity index (χ4v) is 2.35. The van der Waals surface area contributed by atoms with Gasteiger partial charge in [-0.25, -0.2) is 4.79 Å². The quantitative estimate of drug-likeness (QED) is 0.692. The number of aromatic nitrogens is 1. The average molecular weight is 334 g/mol. The van der Waals surface area contributed by atoms with Crippen molar-refractivity contribution in [3.63, 3.8) is 0 Å². The van der Waals surface area contributed by atoms with Gasteiger partial charge in [-0.2, -0.15) is 0 Å². The van der Waals surface area contributed by atoms with E-state index in [2.05, 4.69) is 15.0 Å². The highest BCUT2D eigenvalue weighted by molar-refractivity contribution is 6.03. The lowest BCUT2D eigenvalue weighted by Crippen LogP contribution is -2.41. The maximum Gasteiger partial charge on any atom is 0.328 e. The molecule has 0 aliphatic heterocycles. The molecule has 0 saturated heterocycles. The highest BCUT2D eigenvalue weighted by Crippen LogP contribution is 2.27. The Labute approximate surface area is 137 Å². The van der Waals surface area contributed by atoms with Crippen molar-refractivity contribution < 1.29 is 24.2 Å². The number of pyridine rings is 1. The van der Waals surface area contributed by atoms with Gasteiger partial charge in [0.05, 0.1) is 19.2 Å². The summed E-state index contributed by atoms with van der Waals surface area (Å²) in [7, 11) is 2.69. The molecule has 0 saturated carbocycles. The van der Waals surface area contributed by atoms with E-state index >= 15 is 0 Å². The minimum atomic E-state index is -0.961. The van der Waals surface area contributed by atoms with Gasteiger partial charge in [0.1, 0.15) is 17.4 Å². The van der Waals surface area contributed by atoms with Crippen LogP contribution in [0, 0.1) is 0 Å². The lowest BCUT2D eigenvalue weighted by molar-refractivity contribution is -0.142. The molecule has 24 heavy (non-hydrogen) atoms. The van der Waals surface area contributed by atoms with Crippen LogP contribution in [0.5, 0.6) is 5.75 Å². The van der Waals surface area contributed by atoms with E-state index in [1.54, 1.807) is 18.2 Å². The summed E-state index contributed by atoms with van der Waals surface area (Å²) in [5, 5.41) is 13.0. The Morgan fingerprint density at radius 2 is 2.04 bits per heavy atom. The van der Waals surface area contributed by atoms with Gasteiger partial charge in [-0.05, 0) is 13.0 Å². The number of hydrogen-bond acceptors (Lipinski definition) is 6. The molecule has 0 fully saturated rings. The third kappa shape index (κ3) is 3.23. The molecule has 2 aromatic rings. The van der Waals surface area contributed by atoms with Crippen molar-refractivity contribution in [2.24, 2.45) is 0 Å².